The van der Waals surface area contributed by atoms with Gasteiger partial charge in [-0.15, -0.1) is 0 Å². The van der Waals surface area contributed by atoms with Crippen LogP contribution in [0.4, 0.5) is 13.2 Å². The zero-order chi connectivity index (χ0) is 16.0. The molecule has 0 radical (unpaired) electrons. The van der Waals surface area contributed by atoms with Crippen LogP contribution in [-0.4, -0.2) is 35.1 Å². The van der Waals surface area contributed by atoms with Crippen LogP contribution in [0.3, 0.4) is 0 Å². The minimum atomic E-state index is -4.48. The lowest BCUT2D eigenvalue weighted by molar-refractivity contribution is -0.137. The van der Waals surface area contributed by atoms with Crippen molar-refractivity contribution >= 4 is 29.3 Å². The second-order valence-electron chi connectivity index (χ2n) is 4.47. The lowest BCUT2D eigenvalue weighted by Gasteiger charge is -2.16. The summed E-state index contributed by atoms with van der Waals surface area (Å²) >= 11 is 6.81. The third-order valence-corrected chi connectivity index (χ3v) is 4.13. The molecule has 21 heavy (non-hydrogen) atoms. The minimum Gasteiger partial charge on any atom is -0.345 e. The van der Waals surface area contributed by atoms with Crippen molar-refractivity contribution in [2.24, 2.45) is 0 Å². The summed E-state index contributed by atoms with van der Waals surface area (Å²) < 4.78 is 37.4. The van der Waals surface area contributed by atoms with Gasteiger partial charge >= 0.3 is 6.18 Å². The van der Waals surface area contributed by atoms with E-state index in [4.69, 9.17) is 11.6 Å². The maximum absolute atomic E-state index is 12.5. The largest absolute Gasteiger partial charge is 0.417 e. The van der Waals surface area contributed by atoms with Gasteiger partial charge in [0.05, 0.1) is 16.3 Å². The topological polar surface area (TPSA) is 33.2 Å². The summed E-state index contributed by atoms with van der Waals surface area (Å²) in [5.41, 5.74) is -0.900. The van der Waals surface area contributed by atoms with Crippen molar-refractivity contribution < 1.29 is 18.0 Å². The molecule has 8 heteroatoms. The zero-order valence-electron chi connectivity index (χ0n) is 11.7. The Kier molecular flexibility index (Phi) is 6.80. The zero-order valence-corrected chi connectivity index (χ0v) is 13.3. The number of rotatable bonds is 6. The summed E-state index contributed by atoms with van der Waals surface area (Å²) in [6.07, 6.45) is -1.86. The molecule has 1 amide bonds. The molecular formula is C13H16ClF3N2OS. The van der Waals surface area contributed by atoms with Gasteiger partial charge in [0, 0.05) is 19.8 Å². The van der Waals surface area contributed by atoms with Crippen LogP contribution in [-0.2, 0) is 11.0 Å². The molecule has 118 valence electrons. The number of halogens is 4. The molecule has 0 atom stereocenters. The second-order valence-corrected chi connectivity index (χ2v) is 5.84. The van der Waals surface area contributed by atoms with Gasteiger partial charge < -0.3 is 4.90 Å². The molecule has 1 heterocycles. The van der Waals surface area contributed by atoms with E-state index in [0.29, 0.717) is 6.54 Å². The highest BCUT2D eigenvalue weighted by Gasteiger charge is 2.31. The van der Waals surface area contributed by atoms with Crippen molar-refractivity contribution in [2.75, 3.05) is 19.3 Å². The highest BCUT2D eigenvalue weighted by molar-refractivity contribution is 8.00. The summed E-state index contributed by atoms with van der Waals surface area (Å²) in [7, 11) is 1.69. The Bertz CT molecular complexity index is 497. The van der Waals surface area contributed by atoms with Crippen molar-refractivity contribution in [2.45, 2.75) is 31.0 Å². The van der Waals surface area contributed by atoms with Gasteiger partial charge in [-0.05, 0) is 12.5 Å². The Morgan fingerprint density at radius 1 is 1.48 bits per heavy atom. The van der Waals surface area contributed by atoms with Crippen LogP contribution >= 0.6 is 23.4 Å². The van der Waals surface area contributed by atoms with Crippen molar-refractivity contribution in [1.29, 1.82) is 0 Å². The molecule has 1 aromatic heterocycles. The van der Waals surface area contributed by atoms with Gasteiger partial charge in [0.1, 0.15) is 5.03 Å². The maximum atomic E-state index is 12.5. The smallest absolute Gasteiger partial charge is 0.345 e. The Labute approximate surface area is 130 Å². The fourth-order valence-electron chi connectivity index (χ4n) is 1.45. The van der Waals surface area contributed by atoms with Crippen molar-refractivity contribution in [3.63, 3.8) is 0 Å². The van der Waals surface area contributed by atoms with E-state index in [-0.39, 0.29) is 21.7 Å². The number of alkyl halides is 3. The number of nitrogens with zero attached hydrogens (tertiary/aromatic N) is 2. The first-order chi connectivity index (χ1) is 9.75. The molecule has 0 saturated heterocycles. The summed E-state index contributed by atoms with van der Waals surface area (Å²) in [6.45, 7) is 2.68. The highest BCUT2D eigenvalue weighted by atomic mass is 35.5. The normalized spacial score (nSPS) is 11.5. The second kappa shape index (κ2) is 7.89. The van der Waals surface area contributed by atoms with Crippen LogP contribution in [0.1, 0.15) is 25.3 Å². The van der Waals surface area contributed by atoms with Crippen LogP contribution in [0.25, 0.3) is 0 Å². The summed E-state index contributed by atoms with van der Waals surface area (Å²) in [5, 5.41) is 0.126. The van der Waals surface area contributed by atoms with E-state index in [0.717, 1.165) is 36.9 Å². The number of thioether (sulfide) groups is 1. The monoisotopic (exact) mass is 340 g/mol. The molecule has 3 nitrogen and oxygen atoms in total. The Hall–Kier alpha value is -0.950. The van der Waals surface area contributed by atoms with Crippen molar-refractivity contribution in [3.8, 4) is 0 Å². The van der Waals surface area contributed by atoms with Gasteiger partial charge in [0.15, 0.2) is 0 Å². The van der Waals surface area contributed by atoms with Gasteiger partial charge in [0.25, 0.3) is 0 Å². The third kappa shape index (κ3) is 5.74. The summed E-state index contributed by atoms with van der Waals surface area (Å²) in [5.74, 6) is -0.00982. The number of amides is 1. The molecule has 0 aliphatic rings. The van der Waals surface area contributed by atoms with E-state index in [9.17, 15) is 18.0 Å². The molecule has 0 saturated carbocycles. The average molecular weight is 341 g/mol. The van der Waals surface area contributed by atoms with Gasteiger partial charge in [-0.3, -0.25) is 4.79 Å². The SMILES string of the molecule is CCCCN(C)C(=O)CSc1ncc(C(F)(F)F)cc1Cl. The van der Waals surface area contributed by atoms with Gasteiger partial charge in [-0.1, -0.05) is 36.7 Å². The third-order valence-electron chi connectivity index (χ3n) is 2.74. The molecule has 0 bridgehead atoms. The first-order valence-corrected chi connectivity index (χ1v) is 7.71. The number of hydrogen-bond donors (Lipinski definition) is 0. The van der Waals surface area contributed by atoms with Gasteiger partial charge in [0.2, 0.25) is 5.91 Å². The quantitative estimate of drug-likeness (QED) is 0.731. The molecule has 0 aromatic carbocycles. The Morgan fingerprint density at radius 2 is 2.14 bits per heavy atom. The van der Waals surface area contributed by atoms with Crippen LogP contribution in [0, 0.1) is 0 Å². The number of unbranched alkanes of at least 4 members (excludes halogenated alkanes) is 1. The summed E-state index contributed by atoms with van der Waals surface area (Å²) in [6, 6.07) is 0.822. The molecule has 0 fully saturated rings. The van der Waals surface area contributed by atoms with Crippen molar-refractivity contribution in [1.82, 2.24) is 9.88 Å². The first kappa shape index (κ1) is 18.1. The molecule has 0 aliphatic carbocycles. The molecule has 0 N–H and O–H groups in total. The van der Waals surface area contributed by atoms with Crippen LogP contribution in [0.15, 0.2) is 17.3 Å². The number of aromatic nitrogens is 1. The average Bonchev–Trinajstić information content (AvgIpc) is 2.41. The molecule has 0 unspecified atom stereocenters. The van der Waals surface area contributed by atoms with E-state index >= 15 is 0 Å². The summed E-state index contributed by atoms with van der Waals surface area (Å²) in [4.78, 5) is 17.1. The number of hydrogen-bond acceptors (Lipinski definition) is 3. The van der Waals surface area contributed by atoms with Crippen LogP contribution in [0.2, 0.25) is 5.02 Å². The van der Waals surface area contributed by atoms with Crippen LogP contribution in [0.5, 0.6) is 0 Å². The molecule has 1 rings (SSSR count). The van der Waals surface area contributed by atoms with Gasteiger partial charge in [-0.25, -0.2) is 4.98 Å². The fraction of sp³-hybridized carbons (Fsp3) is 0.538. The first-order valence-electron chi connectivity index (χ1n) is 6.35. The number of carbonyl (C=O) groups is 1. The molecule has 1 aromatic rings. The molecular weight excluding hydrogens is 325 g/mol. The standard InChI is InChI=1S/C13H16ClF3N2OS/c1-3-4-5-19(2)11(20)8-21-12-10(14)6-9(7-18-12)13(15,16)17/h6-7H,3-5,8H2,1-2H3. The van der Waals surface area contributed by atoms with E-state index in [2.05, 4.69) is 4.98 Å². The van der Waals surface area contributed by atoms with Gasteiger partial charge in [-0.2, -0.15) is 13.2 Å². The molecule has 0 spiro atoms. The predicted octanol–water partition coefficient (Wildman–Crippen LogP) is 4.10. The lowest BCUT2D eigenvalue weighted by Crippen LogP contribution is -2.29. The number of carbonyl (C=O) groups excluding carboxylic acids is 1. The van der Waals surface area contributed by atoms with Crippen molar-refractivity contribution in [3.05, 3.63) is 22.8 Å². The van der Waals surface area contributed by atoms with Crippen LogP contribution < -0.4 is 0 Å². The number of pyridine rings is 1. The predicted molar refractivity (Wildman–Crippen MR) is 77.5 cm³/mol. The van der Waals surface area contributed by atoms with E-state index in [1.54, 1.807) is 11.9 Å². The van der Waals surface area contributed by atoms with E-state index in [1.165, 1.54) is 0 Å². The maximum Gasteiger partial charge on any atom is 0.417 e. The minimum absolute atomic E-state index is 0.0955. The fourth-order valence-corrected chi connectivity index (χ4v) is 2.58. The van der Waals surface area contributed by atoms with E-state index in [1.807, 2.05) is 6.92 Å². The van der Waals surface area contributed by atoms with E-state index < -0.39 is 11.7 Å². The highest BCUT2D eigenvalue weighted by Crippen LogP contribution is 2.33. The molecule has 0 aliphatic heterocycles. The lowest BCUT2D eigenvalue weighted by atomic mass is 10.3. The Morgan fingerprint density at radius 3 is 2.67 bits per heavy atom. The Balaban J connectivity index is 2.62.